The molecule has 118 valence electrons. The number of rotatable bonds is 5. The summed E-state index contributed by atoms with van der Waals surface area (Å²) in [7, 11) is 1.35. The molecular weight excluding hydrogens is 282 g/mol. The third-order valence-electron chi connectivity index (χ3n) is 3.71. The summed E-state index contributed by atoms with van der Waals surface area (Å²) in [5.41, 5.74) is 0.543. The maximum absolute atomic E-state index is 12.6. The minimum absolute atomic E-state index is 0.148. The topological polar surface area (TPSA) is 55.8 Å². The summed E-state index contributed by atoms with van der Waals surface area (Å²) in [5, 5.41) is 0. The van der Waals surface area contributed by atoms with Gasteiger partial charge < -0.3 is 14.4 Å². The molecule has 1 aliphatic heterocycles. The molecular formula is C17H21NO4. The minimum Gasteiger partial charge on any atom is -0.490 e. The standard InChI is InChI=1S/C17H21NO4/c1-3-12-22-14-9-7-13(8-10-14)16(19)18-11-5-4-6-15(18)17(20)21-2/h3,7-10,15H,1,4-6,11-12H2,2H3/t15-/m0/s1. The molecule has 1 amide bonds. The number of likely N-dealkylation sites (tertiary alicyclic amines) is 1. The molecule has 0 aliphatic carbocycles. The molecule has 1 atom stereocenters. The van der Waals surface area contributed by atoms with Crippen molar-refractivity contribution >= 4 is 11.9 Å². The molecule has 0 aromatic heterocycles. The first-order chi connectivity index (χ1) is 10.7. The van der Waals surface area contributed by atoms with Crippen molar-refractivity contribution in [3.05, 3.63) is 42.5 Å². The van der Waals surface area contributed by atoms with E-state index in [-0.39, 0.29) is 11.9 Å². The number of amides is 1. The normalized spacial score (nSPS) is 17.7. The molecule has 0 radical (unpaired) electrons. The first-order valence-electron chi connectivity index (χ1n) is 7.40. The summed E-state index contributed by atoms with van der Waals surface area (Å²) in [5.74, 6) is 0.184. The van der Waals surface area contributed by atoms with Gasteiger partial charge in [-0.1, -0.05) is 12.7 Å². The zero-order valence-electron chi connectivity index (χ0n) is 12.8. The van der Waals surface area contributed by atoms with Crippen molar-refractivity contribution in [3.63, 3.8) is 0 Å². The van der Waals surface area contributed by atoms with Crippen LogP contribution in [0.2, 0.25) is 0 Å². The summed E-state index contributed by atoms with van der Waals surface area (Å²) in [6.45, 7) is 4.58. The zero-order valence-corrected chi connectivity index (χ0v) is 12.8. The van der Waals surface area contributed by atoms with Crippen molar-refractivity contribution < 1.29 is 19.1 Å². The number of esters is 1. The summed E-state index contributed by atoms with van der Waals surface area (Å²) in [6, 6.07) is 6.43. The second kappa shape index (κ2) is 7.64. The Balaban J connectivity index is 2.11. The zero-order chi connectivity index (χ0) is 15.9. The lowest BCUT2D eigenvalue weighted by Gasteiger charge is -2.33. The maximum atomic E-state index is 12.6. The van der Waals surface area contributed by atoms with Gasteiger partial charge in [-0.2, -0.15) is 0 Å². The summed E-state index contributed by atoms with van der Waals surface area (Å²) < 4.78 is 10.2. The molecule has 0 N–H and O–H groups in total. The van der Waals surface area contributed by atoms with Crippen molar-refractivity contribution in [2.45, 2.75) is 25.3 Å². The van der Waals surface area contributed by atoms with E-state index in [1.165, 1.54) is 7.11 Å². The summed E-state index contributed by atoms with van der Waals surface area (Å²) in [6.07, 6.45) is 4.14. The first-order valence-corrected chi connectivity index (χ1v) is 7.40. The molecule has 5 nitrogen and oxygen atoms in total. The summed E-state index contributed by atoms with van der Waals surface area (Å²) >= 11 is 0. The molecule has 1 aliphatic rings. The van der Waals surface area contributed by atoms with Crippen LogP contribution in [0.25, 0.3) is 0 Å². The van der Waals surface area contributed by atoms with Gasteiger partial charge in [0.15, 0.2) is 0 Å². The molecule has 0 bridgehead atoms. The van der Waals surface area contributed by atoms with Crippen LogP contribution in [0.5, 0.6) is 5.75 Å². The summed E-state index contributed by atoms with van der Waals surface area (Å²) in [4.78, 5) is 26.1. The van der Waals surface area contributed by atoms with Crippen LogP contribution in [0.3, 0.4) is 0 Å². The molecule has 1 aromatic rings. The van der Waals surface area contributed by atoms with E-state index in [0.717, 1.165) is 12.8 Å². The van der Waals surface area contributed by atoms with Gasteiger partial charge in [0.1, 0.15) is 18.4 Å². The molecule has 1 fully saturated rings. The number of hydrogen-bond donors (Lipinski definition) is 0. The van der Waals surface area contributed by atoms with Crippen molar-refractivity contribution in [1.82, 2.24) is 4.90 Å². The van der Waals surface area contributed by atoms with Crippen LogP contribution in [0.15, 0.2) is 36.9 Å². The van der Waals surface area contributed by atoms with Crippen molar-refractivity contribution in [3.8, 4) is 5.75 Å². The van der Waals surface area contributed by atoms with Crippen LogP contribution >= 0.6 is 0 Å². The highest BCUT2D eigenvalue weighted by Crippen LogP contribution is 2.22. The van der Waals surface area contributed by atoms with E-state index in [1.54, 1.807) is 35.2 Å². The van der Waals surface area contributed by atoms with Crippen LogP contribution in [0, 0.1) is 0 Å². The van der Waals surface area contributed by atoms with Crippen LogP contribution in [0.4, 0.5) is 0 Å². The Kier molecular flexibility index (Phi) is 5.58. The monoisotopic (exact) mass is 303 g/mol. The van der Waals surface area contributed by atoms with E-state index >= 15 is 0 Å². The minimum atomic E-state index is -0.483. The van der Waals surface area contributed by atoms with Crippen molar-refractivity contribution in [2.24, 2.45) is 0 Å². The number of methoxy groups -OCH3 is 1. The van der Waals surface area contributed by atoms with E-state index in [0.29, 0.717) is 30.9 Å². The largest absolute Gasteiger partial charge is 0.490 e. The van der Waals surface area contributed by atoms with E-state index in [1.807, 2.05) is 0 Å². The Morgan fingerprint density at radius 1 is 1.32 bits per heavy atom. The number of nitrogens with zero attached hydrogens (tertiary/aromatic N) is 1. The SMILES string of the molecule is C=CCOc1ccc(C(=O)N2CCCC[C@H]2C(=O)OC)cc1. The molecule has 0 saturated carbocycles. The van der Waals surface area contributed by atoms with Gasteiger partial charge in [-0.3, -0.25) is 4.79 Å². The highest BCUT2D eigenvalue weighted by atomic mass is 16.5. The van der Waals surface area contributed by atoms with Crippen LogP contribution in [-0.4, -0.2) is 43.1 Å². The first kappa shape index (κ1) is 16.1. The van der Waals surface area contributed by atoms with Gasteiger partial charge in [-0.25, -0.2) is 4.79 Å². The van der Waals surface area contributed by atoms with E-state index in [9.17, 15) is 9.59 Å². The van der Waals surface area contributed by atoms with E-state index in [4.69, 9.17) is 9.47 Å². The quantitative estimate of drug-likeness (QED) is 0.619. The average molecular weight is 303 g/mol. The van der Waals surface area contributed by atoms with E-state index in [2.05, 4.69) is 6.58 Å². The second-order valence-electron chi connectivity index (χ2n) is 5.16. The van der Waals surface area contributed by atoms with Gasteiger partial charge >= 0.3 is 5.97 Å². The lowest BCUT2D eigenvalue weighted by atomic mass is 10.0. The van der Waals surface area contributed by atoms with Crippen LogP contribution < -0.4 is 4.74 Å². The molecule has 0 unspecified atom stereocenters. The number of carbonyl (C=O) groups excluding carboxylic acids is 2. The van der Waals surface area contributed by atoms with Gasteiger partial charge in [0, 0.05) is 12.1 Å². The second-order valence-corrected chi connectivity index (χ2v) is 5.16. The fourth-order valence-corrected chi connectivity index (χ4v) is 2.57. The molecule has 1 aromatic carbocycles. The average Bonchev–Trinajstić information content (AvgIpc) is 2.59. The number of benzene rings is 1. The molecule has 5 heteroatoms. The van der Waals surface area contributed by atoms with E-state index < -0.39 is 6.04 Å². The Morgan fingerprint density at radius 3 is 2.68 bits per heavy atom. The molecule has 1 saturated heterocycles. The third kappa shape index (κ3) is 3.67. The van der Waals surface area contributed by atoms with Crippen LogP contribution in [-0.2, 0) is 9.53 Å². The number of ether oxygens (including phenoxy) is 2. The van der Waals surface area contributed by atoms with Gasteiger partial charge in [-0.15, -0.1) is 0 Å². The van der Waals surface area contributed by atoms with Crippen molar-refractivity contribution in [1.29, 1.82) is 0 Å². The highest BCUT2D eigenvalue weighted by molar-refractivity contribution is 5.97. The molecule has 0 spiro atoms. The predicted molar refractivity (Wildman–Crippen MR) is 82.8 cm³/mol. The Labute approximate surface area is 130 Å². The Bertz CT molecular complexity index is 538. The Morgan fingerprint density at radius 2 is 2.05 bits per heavy atom. The number of hydrogen-bond acceptors (Lipinski definition) is 4. The number of carbonyl (C=O) groups is 2. The fraction of sp³-hybridized carbons (Fsp3) is 0.412. The van der Waals surface area contributed by atoms with Crippen LogP contribution in [0.1, 0.15) is 29.6 Å². The van der Waals surface area contributed by atoms with Gasteiger partial charge in [0.25, 0.3) is 5.91 Å². The molecule has 1 heterocycles. The molecule has 22 heavy (non-hydrogen) atoms. The lowest BCUT2D eigenvalue weighted by molar-refractivity contribution is -0.147. The predicted octanol–water partition coefficient (Wildman–Crippen LogP) is 2.42. The van der Waals surface area contributed by atoms with Gasteiger partial charge in [0.05, 0.1) is 7.11 Å². The fourth-order valence-electron chi connectivity index (χ4n) is 2.57. The van der Waals surface area contributed by atoms with Gasteiger partial charge in [-0.05, 0) is 43.5 Å². The number of piperidine rings is 1. The third-order valence-corrected chi connectivity index (χ3v) is 3.71. The Hall–Kier alpha value is -2.30. The smallest absolute Gasteiger partial charge is 0.328 e. The maximum Gasteiger partial charge on any atom is 0.328 e. The van der Waals surface area contributed by atoms with Gasteiger partial charge in [0.2, 0.25) is 0 Å². The molecule has 2 rings (SSSR count). The van der Waals surface area contributed by atoms with Crippen molar-refractivity contribution in [2.75, 3.05) is 20.3 Å². The lowest BCUT2D eigenvalue weighted by Crippen LogP contribution is -2.48. The highest BCUT2D eigenvalue weighted by Gasteiger charge is 2.33.